The van der Waals surface area contributed by atoms with Gasteiger partial charge in [0.1, 0.15) is 5.69 Å². The van der Waals surface area contributed by atoms with Crippen molar-refractivity contribution in [2.75, 3.05) is 5.73 Å². The molecule has 6 nitrogen and oxygen atoms in total. The molecule has 0 spiro atoms. The maximum absolute atomic E-state index is 5.88. The van der Waals surface area contributed by atoms with Crippen LogP contribution in [0.2, 0.25) is 0 Å². The van der Waals surface area contributed by atoms with Crippen molar-refractivity contribution in [2.45, 2.75) is 6.92 Å². The lowest BCUT2D eigenvalue weighted by molar-refractivity contribution is 0.432. The molecule has 1 aromatic carbocycles. The Kier molecular flexibility index (Phi) is 2.56. The van der Waals surface area contributed by atoms with Gasteiger partial charge in [-0.3, -0.25) is 0 Å². The molecule has 0 atom stereocenters. The highest BCUT2D eigenvalue weighted by atomic mass is 16.5. The van der Waals surface area contributed by atoms with Gasteiger partial charge in [-0.2, -0.15) is 4.98 Å². The molecule has 2 heterocycles. The summed E-state index contributed by atoms with van der Waals surface area (Å²) in [7, 11) is 1.88. The van der Waals surface area contributed by atoms with Crippen LogP contribution in [0.25, 0.3) is 23.0 Å². The number of benzene rings is 1. The number of nitrogens with two attached hydrogens (primary N) is 1. The predicted octanol–water partition coefficient (Wildman–Crippen LogP) is 2.03. The Morgan fingerprint density at radius 3 is 2.84 bits per heavy atom. The van der Waals surface area contributed by atoms with Gasteiger partial charge in [0.2, 0.25) is 5.82 Å². The highest BCUT2D eigenvalue weighted by Gasteiger charge is 2.13. The fourth-order valence-corrected chi connectivity index (χ4v) is 1.79. The molecule has 0 unspecified atom stereocenters. The lowest BCUT2D eigenvalue weighted by Crippen LogP contribution is -1.91. The van der Waals surface area contributed by atoms with Crippen LogP contribution < -0.4 is 5.73 Å². The van der Waals surface area contributed by atoms with E-state index < -0.39 is 0 Å². The van der Waals surface area contributed by atoms with Crippen molar-refractivity contribution in [3.05, 3.63) is 36.3 Å². The largest absolute Gasteiger partial charge is 0.398 e. The van der Waals surface area contributed by atoms with Gasteiger partial charge in [0.05, 0.1) is 12.5 Å². The van der Waals surface area contributed by atoms with Crippen molar-refractivity contribution in [1.82, 2.24) is 19.7 Å². The quantitative estimate of drug-likeness (QED) is 0.708. The molecule has 0 saturated heterocycles. The van der Waals surface area contributed by atoms with Crippen molar-refractivity contribution in [1.29, 1.82) is 0 Å². The van der Waals surface area contributed by atoms with Gasteiger partial charge in [-0.25, -0.2) is 4.98 Å². The van der Waals surface area contributed by atoms with Gasteiger partial charge in [0.25, 0.3) is 5.89 Å². The third-order valence-corrected chi connectivity index (χ3v) is 3.00. The van der Waals surface area contributed by atoms with Gasteiger partial charge in [0.15, 0.2) is 0 Å². The first-order chi connectivity index (χ1) is 9.15. The summed E-state index contributed by atoms with van der Waals surface area (Å²) >= 11 is 0. The Balaban J connectivity index is 2.01. The molecule has 0 bridgehead atoms. The number of rotatable bonds is 2. The molecule has 0 radical (unpaired) electrons. The van der Waals surface area contributed by atoms with Crippen molar-refractivity contribution >= 4 is 5.69 Å². The molecule has 2 aromatic heterocycles. The second-order valence-electron chi connectivity index (χ2n) is 4.38. The molecule has 0 aliphatic heterocycles. The Morgan fingerprint density at radius 1 is 1.32 bits per heavy atom. The molecular formula is C13H13N5O. The molecule has 0 saturated carbocycles. The van der Waals surface area contributed by atoms with E-state index in [1.807, 2.05) is 36.7 Å². The zero-order valence-electron chi connectivity index (χ0n) is 10.7. The average molecular weight is 255 g/mol. The van der Waals surface area contributed by atoms with Crippen LogP contribution >= 0.6 is 0 Å². The van der Waals surface area contributed by atoms with Crippen LogP contribution in [0, 0.1) is 6.92 Å². The minimum Gasteiger partial charge on any atom is -0.398 e. The minimum atomic E-state index is 0.447. The first-order valence-electron chi connectivity index (χ1n) is 5.82. The second-order valence-corrected chi connectivity index (χ2v) is 4.38. The summed E-state index contributed by atoms with van der Waals surface area (Å²) in [5.41, 5.74) is 9.22. The van der Waals surface area contributed by atoms with Crippen LogP contribution in [-0.2, 0) is 7.05 Å². The number of nitrogen functional groups attached to an aromatic ring is 1. The predicted molar refractivity (Wildman–Crippen MR) is 71.1 cm³/mol. The van der Waals surface area contributed by atoms with Crippen LogP contribution in [0.1, 0.15) is 5.56 Å². The Labute approximate surface area is 109 Å². The number of imidazole rings is 1. The van der Waals surface area contributed by atoms with Crippen LogP contribution in [0.15, 0.2) is 35.2 Å². The lowest BCUT2D eigenvalue weighted by atomic mass is 10.1. The number of anilines is 1. The topological polar surface area (TPSA) is 82.8 Å². The number of aryl methyl sites for hydroxylation is 2. The summed E-state index contributed by atoms with van der Waals surface area (Å²) in [5.74, 6) is 0.956. The third-order valence-electron chi connectivity index (χ3n) is 3.00. The summed E-state index contributed by atoms with van der Waals surface area (Å²) < 4.78 is 7.10. The Hall–Kier alpha value is -2.63. The van der Waals surface area contributed by atoms with Crippen molar-refractivity contribution < 1.29 is 4.52 Å². The number of hydrogen-bond acceptors (Lipinski definition) is 5. The molecule has 0 aliphatic carbocycles. The molecule has 0 aliphatic rings. The summed E-state index contributed by atoms with van der Waals surface area (Å²) in [6, 6.07) is 5.67. The van der Waals surface area contributed by atoms with Crippen molar-refractivity contribution in [3.8, 4) is 23.0 Å². The van der Waals surface area contributed by atoms with Crippen LogP contribution in [0.5, 0.6) is 0 Å². The van der Waals surface area contributed by atoms with Crippen LogP contribution in [-0.4, -0.2) is 19.7 Å². The van der Waals surface area contributed by atoms with Crippen LogP contribution in [0.3, 0.4) is 0 Å². The smallest absolute Gasteiger partial charge is 0.258 e. The van der Waals surface area contributed by atoms with Gasteiger partial charge in [-0.05, 0) is 24.6 Å². The van der Waals surface area contributed by atoms with Crippen molar-refractivity contribution in [2.24, 2.45) is 7.05 Å². The molecule has 0 amide bonds. The molecule has 6 heteroatoms. The monoisotopic (exact) mass is 255 g/mol. The summed E-state index contributed by atoms with van der Waals surface area (Å²) in [6.45, 7) is 1.95. The molecule has 19 heavy (non-hydrogen) atoms. The second kappa shape index (κ2) is 4.24. The van der Waals surface area contributed by atoms with E-state index in [2.05, 4.69) is 15.1 Å². The third kappa shape index (κ3) is 1.97. The van der Waals surface area contributed by atoms with E-state index in [9.17, 15) is 0 Å². The summed E-state index contributed by atoms with van der Waals surface area (Å²) in [5, 5.41) is 3.96. The summed E-state index contributed by atoms with van der Waals surface area (Å²) in [6.07, 6.45) is 3.38. The first-order valence-corrected chi connectivity index (χ1v) is 5.82. The molecular weight excluding hydrogens is 242 g/mol. The molecule has 0 fully saturated rings. The van der Waals surface area contributed by atoms with E-state index in [0.29, 0.717) is 17.4 Å². The maximum atomic E-state index is 5.88. The summed E-state index contributed by atoms with van der Waals surface area (Å²) in [4.78, 5) is 8.39. The van der Waals surface area contributed by atoms with Gasteiger partial charge in [0, 0.05) is 18.3 Å². The van der Waals surface area contributed by atoms with Crippen molar-refractivity contribution in [3.63, 3.8) is 0 Å². The lowest BCUT2D eigenvalue weighted by Gasteiger charge is -2.00. The molecule has 3 aromatic rings. The molecule has 96 valence electrons. The zero-order chi connectivity index (χ0) is 13.4. The fraction of sp³-hybridized carbons (Fsp3) is 0.154. The van der Waals surface area contributed by atoms with Gasteiger partial charge in [-0.15, -0.1) is 0 Å². The normalized spacial score (nSPS) is 10.8. The SMILES string of the molecule is Cc1ccc(-c2nc(-c3cncn3C)no2)cc1N. The van der Waals surface area contributed by atoms with Gasteiger partial charge in [-0.1, -0.05) is 11.2 Å². The number of nitrogens with zero attached hydrogens (tertiary/aromatic N) is 4. The van der Waals surface area contributed by atoms with E-state index in [4.69, 9.17) is 10.3 Å². The zero-order valence-corrected chi connectivity index (χ0v) is 10.7. The van der Waals surface area contributed by atoms with Gasteiger partial charge >= 0.3 is 0 Å². The molecule has 3 rings (SSSR count). The van der Waals surface area contributed by atoms with E-state index in [-0.39, 0.29) is 0 Å². The standard InChI is InChI=1S/C13H13N5O/c1-8-3-4-9(5-10(8)14)13-16-12(17-19-13)11-6-15-7-18(11)2/h3-7H,14H2,1-2H3. The number of hydrogen-bond donors (Lipinski definition) is 1. The first kappa shape index (κ1) is 11.5. The number of aromatic nitrogens is 4. The minimum absolute atomic E-state index is 0.447. The average Bonchev–Trinajstić information content (AvgIpc) is 3.01. The van der Waals surface area contributed by atoms with Gasteiger partial charge < -0.3 is 14.8 Å². The van der Waals surface area contributed by atoms with E-state index >= 15 is 0 Å². The maximum Gasteiger partial charge on any atom is 0.258 e. The van der Waals surface area contributed by atoms with Crippen LogP contribution in [0.4, 0.5) is 5.69 Å². The highest BCUT2D eigenvalue weighted by Crippen LogP contribution is 2.24. The van der Waals surface area contributed by atoms with E-state index in [1.165, 1.54) is 0 Å². The van der Waals surface area contributed by atoms with E-state index in [1.54, 1.807) is 12.5 Å². The Morgan fingerprint density at radius 2 is 2.16 bits per heavy atom. The highest BCUT2D eigenvalue weighted by molar-refractivity contribution is 5.63. The fourth-order valence-electron chi connectivity index (χ4n) is 1.79. The van der Waals surface area contributed by atoms with E-state index in [0.717, 1.165) is 16.8 Å². The Bertz CT molecular complexity index is 728. The molecule has 2 N–H and O–H groups in total.